The number of aromatic nitrogens is 3. The molecule has 0 aliphatic rings. The van der Waals surface area contributed by atoms with E-state index in [1.54, 1.807) is 6.20 Å². The Morgan fingerprint density at radius 2 is 0.918 bits per heavy atom. The fourth-order valence-corrected chi connectivity index (χ4v) is 6.45. The van der Waals surface area contributed by atoms with Gasteiger partial charge in [-0.05, 0) is 69.8 Å². The molecule has 3 heterocycles. The summed E-state index contributed by atoms with van der Waals surface area (Å²) in [6.45, 7) is 0. The quantitative estimate of drug-likeness (QED) is 0.184. The molecule has 0 N–H and O–H groups in total. The molecule has 230 valence electrons. The van der Waals surface area contributed by atoms with Crippen LogP contribution in [0.25, 0.3) is 89.2 Å². The van der Waals surface area contributed by atoms with Gasteiger partial charge in [0.25, 0.3) is 0 Å². The van der Waals surface area contributed by atoms with Crippen LogP contribution in [0.5, 0.6) is 0 Å². The van der Waals surface area contributed by atoms with Crippen molar-refractivity contribution in [2.24, 2.45) is 0 Å². The molecule has 0 fully saturated rings. The lowest BCUT2D eigenvalue weighted by molar-refractivity contribution is 0.669. The third kappa shape index (κ3) is 5.56. The molecular weight excluding hydrogens is 599 g/mol. The number of hydrogen-bond acceptors (Lipinski definition) is 4. The molecule has 0 aliphatic heterocycles. The zero-order valence-corrected chi connectivity index (χ0v) is 26.5. The van der Waals surface area contributed by atoms with Crippen molar-refractivity contribution >= 4 is 21.9 Å². The van der Waals surface area contributed by atoms with Gasteiger partial charge in [0.2, 0.25) is 0 Å². The highest BCUT2D eigenvalue weighted by Crippen LogP contribution is 2.35. The predicted molar refractivity (Wildman–Crippen MR) is 200 cm³/mol. The first-order valence-corrected chi connectivity index (χ1v) is 16.3. The fraction of sp³-hybridized carbons (Fsp3) is 0. The first kappa shape index (κ1) is 28.6. The third-order valence-electron chi connectivity index (χ3n) is 9.02. The van der Waals surface area contributed by atoms with Gasteiger partial charge in [-0.3, -0.25) is 4.98 Å². The summed E-state index contributed by atoms with van der Waals surface area (Å²) >= 11 is 0. The Labute approximate surface area is 284 Å². The highest BCUT2D eigenvalue weighted by atomic mass is 16.3. The lowest BCUT2D eigenvalue weighted by Crippen LogP contribution is -1.96. The predicted octanol–water partition coefficient (Wildman–Crippen LogP) is 11.8. The Morgan fingerprint density at radius 3 is 1.71 bits per heavy atom. The van der Waals surface area contributed by atoms with Crippen LogP contribution < -0.4 is 0 Å². The van der Waals surface area contributed by atoms with Crippen LogP contribution in [0.3, 0.4) is 0 Å². The van der Waals surface area contributed by atoms with E-state index in [1.807, 2.05) is 30.5 Å². The van der Waals surface area contributed by atoms with Crippen LogP contribution in [-0.2, 0) is 0 Å². The maximum atomic E-state index is 6.06. The zero-order valence-electron chi connectivity index (χ0n) is 26.5. The smallest absolute Gasteiger partial charge is 0.160 e. The van der Waals surface area contributed by atoms with E-state index in [0.29, 0.717) is 5.82 Å². The number of nitrogens with zero attached hydrogens (tertiary/aromatic N) is 3. The van der Waals surface area contributed by atoms with Gasteiger partial charge in [-0.25, -0.2) is 9.97 Å². The SMILES string of the molecule is c1ccc(-c2cccc(-c3cc(-c4ccc(-c5ccc6oc7ccccc7c6c5)cc4)nc(-c4ccc(-c5cccnc5)cc4)n3)c2)cc1. The van der Waals surface area contributed by atoms with Gasteiger partial charge < -0.3 is 4.42 Å². The fourth-order valence-electron chi connectivity index (χ4n) is 6.45. The largest absolute Gasteiger partial charge is 0.456 e. The van der Waals surface area contributed by atoms with Gasteiger partial charge in [0, 0.05) is 39.9 Å². The van der Waals surface area contributed by atoms with Crippen molar-refractivity contribution in [1.82, 2.24) is 15.0 Å². The summed E-state index contributed by atoms with van der Waals surface area (Å²) in [5, 5.41) is 2.25. The van der Waals surface area contributed by atoms with Gasteiger partial charge in [-0.1, -0.05) is 127 Å². The summed E-state index contributed by atoms with van der Waals surface area (Å²) < 4.78 is 6.06. The van der Waals surface area contributed by atoms with E-state index in [0.717, 1.165) is 77.8 Å². The molecule has 4 heteroatoms. The van der Waals surface area contributed by atoms with Crippen molar-refractivity contribution in [1.29, 1.82) is 0 Å². The third-order valence-corrected chi connectivity index (χ3v) is 9.02. The topological polar surface area (TPSA) is 51.8 Å². The van der Waals surface area contributed by atoms with Crippen LogP contribution >= 0.6 is 0 Å². The number of fused-ring (bicyclic) bond motifs is 3. The van der Waals surface area contributed by atoms with E-state index < -0.39 is 0 Å². The molecule has 0 radical (unpaired) electrons. The molecule has 3 aromatic heterocycles. The van der Waals surface area contributed by atoms with Crippen LogP contribution in [0.15, 0.2) is 181 Å². The monoisotopic (exact) mass is 627 g/mol. The van der Waals surface area contributed by atoms with E-state index >= 15 is 0 Å². The van der Waals surface area contributed by atoms with Gasteiger partial charge in [-0.15, -0.1) is 0 Å². The van der Waals surface area contributed by atoms with Crippen molar-refractivity contribution in [3.05, 3.63) is 176 Å². The second-order valence-corrected chi connectivity index (χ2v) is 12.1. The van der Waals surface area contributed by atoms with Crippen LogP contribution in [0.2, 0.25) is 0 Å². The molecule has 0 aliphatic carbocycles. The minimum absolute atomic E-state index is 0.678. The average molecular weight is 628 g/mol. The Hall–Kier alpha value is -6.65. The zero-order chi connectivity index (χ0) is 32.6. The van der Waals surface area contributed by atoms with Gasteiger partial charge in [0.1, 0.15) is 11.2 Å². The second-order valence-electron chi connectivity index (χ2n) is 12.1. The number of benzene rings is 6. The van der Waals surface area contributed by atoms with Gasteiger partial charge in [0.15, 0.2) is 5.82 Å². The van der Waals surface area contributed by atoms with Crippen LogP contribution in [0.4, 0.5) is 0 Å². The average Bonchev–Trinajstić information content (AvgIpc) is 3.57. The Morgan fingerprint density at radius 1 is 0.347 bits per heavy atom. The molecule has 49 heavy (non-hydrogen) atoms. The Bertz CT molecular complexity index is 2570. The maximum absolute atomic E-state index is 6.06. The van der Waals surface area contributed by atoms with Gasteiger partial charge >= 0.3 is 0 Å². The van der Waals surface area contributed by atoms with Crippen molar-refractivity contribution in [2.45, 2.75) is 0 Å². The molecule has 9 rings (SSSR count). The molecule has 0 bridgehead atoms. The first-order valence-electron chi connectivity index (χ1n) is 16.3. The van der Waals surface area contributed by atoms with Crippen LogP contribution in [0.1, 0.15) is 0 Å². The van der Waals surface area contributed by atoms with Gasteiger partial charge in [-0.2, -0.15) is 0 Å². The molecule has 0 saturated heterocycles. The Kier molecular flexibility index (Phi) is 7.10. The summed E-state index contributed by atoms with van der Waals surface area (Å²) in [6, 6.07) is 56.7. The summed E-state index contributed by atoms with van der Waals surface area (Å²) in [7, 11) is 0. The second kappa shape index (κ2) is 12.2. The lowest BCUT2D eigenvalue weighted by Gasteiger charge is -2.12. The molecule has 0 unspecified atom stereocenters. The Balaban J connectivity index is 1.12. The number of para-hydroxylation sites is 1. The van der Waals surface area contributed by atoms with Crippen molar-refractivity contribution in [2.75, 3.05) is 0 Å². The highest BCUT2D eigenvalue weighted by Gasteiger charge is 2.13. The molecular formula is C45H29N3O. The van der Waals surface area contributed by atoms with Crippen molar-refractivity contribution in [3.63, 3.8) is 0 Å². The number of hydrogen-bond donors (Lipinski definition) is 0. The molecule has 0 amide bonds. The van der Waals surface area contributed by atoms with Crippen molar-refractivity contribution < 1.29 is 4.42 Å². The van der Waals surface area contributed by atoms with Gasteiger partial charge in [0.05, 0.1) is 11.4 Å². The maximum Gasteiger partial charge on any atom is 0.160 e. The minimum Gasteiger partial charge on any atom is -0.456 e. The van der Waals surface area contributed by atoms with E-state index in [4.69, 9.17) is 14.4 Å². The van der Waals surface area contributed by atoms with E-state index in [-0.39, 0.29) is 0 Å². The number of rotatable bonds is 6. The molecule has 4 nitrogen and oxygen atoms in total. The van der Waals surface area contributed by atoms with Crippen LogP contribution in [0, 0.1) is 0 Å². The van der Waals surface area contributed by atoms with E-state index in [2.05, 4.69) is 145 Å². The summed E-state index contributed by atoms with van der Waals surface area (Å²) in [4.78, 5) is 14.5. The molecule has 9 aromatic rings. The number of furan rings is 1. The molecule has 0 spiro atoms. The molecule has 0 saturated carbocycles. The molecule has 6 aromatic carbocycles. The summed E-state index contributed by atoms with van der Waals surface area (Å²) in [5.74, 6) is 0.678. The lowest BCUT2D eigenvalue weighted by atomic mass is 9.99. The van der Waals surface area contributed by atoms with Crippen molar-refractivity contribution in [3.8, 4) is 67.3 Å². The first-order chi connectivity index (χ1) is 24.2. The standard InChI is InChI=1S/C45H29N3O/c1-2-8-30(9-3-1)35-10-6-11-37(26-35)42-28-41(47-45(48-42)34-21-17-32(18-22-34)38-12-7-25-46-29-38)33-19-15-31(16-20-33)36-23-24-44-40(27-36)39-13-4-5-14-43(39)49-44/h1-29H. The number of pyridine rings is 1. The minimum atomic E-state index is 0.678. The summed E-state index contributed by atoms with van der Waals surface area (Å²) in [5.41, 5.74) is 13.3. The molecule has 0 atom stereocenters. The normalized spacial score (nSPS) is 11.3. The van der Waals surface area contributed by atoms with E-state index in [9.17, 15) is 0 Å². The van der Waals surface area contributed by atoms with Crippen LogP contribution in [-0.4, -0.2) is 15.0 Å². The summed E-state index contributed by atoms with van der Waals surface area (Å²) in [6.07, 6.45) is 3.67. The highest BCUT2D eigenvalue weighted by molar-refractivity contribution is 6.06. The van der Waals surface area contributed by atoms with E-state index in [1.165, 1.54) is 5.56 Å².